The van der Waals surface area contributed by atoms with E-state index in [4.69, 9.17) is 10.6 Å². The van der Waals surface area contributed by atoms with Crippen LogP contribution in [0.1, 0.15) is 30.9 Å². The molecule has 19 heavy (non-hydrogen) atoms. The zero-order chi connectivity index (χ0) is 13.9. The molecule has 5 nitrogen and oxygen atoms in total. The Morgan fingerprint density at radius 3 is 2.84 bits per heavy atom. The van der Waals surface area contributed by atoms with Crippen LogP contribution in [0.25, 0.3) is 0 Å². The van der Waals surface area contributed by atoms with Crippen molar-refractivity contribution >= 4 is 9.84 Å². The number of sulfone groups is 1. The summed E-state index contributed by atoms with van der Waals surface area (Å²) in [6.07, 6.45) is 2.31. The molecule has 0 radical (unpaired) electrons. The summed E-state index contributed by atoms with van der Waals surface area (Å²) in [5.74, 6) is 6.54. The summed E-state index contributed by atoms with van der Waals surface area (Å²) in [7, 11) is -1.50. The zero-order valence-electron chi connectivity index (χ0n) is 11.0. The number of nitrogens with one attached hydrogen (secondary N) is 1. The molecule has 1 aromatic rings. The Morgan fingerprint density at radius 2 is 2.21 bits per heavy atom. The topological polar surface area (TPSA) is 81.4 Å². The van der Waals surface area contributed by atoms with Crippen LogP contribution in [-0.4, -0.2) is 26.5 Å². The summed E-state index contributed by atoms with van der Waals surface area (Å²) >= 11 is 0. The van der Waals surface area contributed by atoms with Crippen LogP contribution in [0, 0.1) is 0 Å². The van der Waals surface area contributed by atoms with Crippen molar-refractivity contribution in [2.24, 2.45) is 5.84 Å². The van der Waals surface area contributed by atoms with Crippen LogP contribution in [0.3, 0.4) is 0 Å². The lowest BCUT2D eigenvalue weighted by Crippen LogP contribution is -2.43. The quantitative estimate of drug-likeness (QED) is 0.640. The fourth-order valence-corrected chi connectivity index (χ4v) is 4.69. The van der Waals surface area contributed by atoms with Crippen LogP contribution in [0.15, 0.2) is 24.3 Å². The normalized spacial score (nSPS) is 23.8. The van der Waals surface area contributed by atoms with Crippen molar-refractivity contribution in [2.75, 3.05) is 12.9 Å². The summed E-state index contributed by atoms with van der Waals surface area (Å²) in [6, 6.07) is 6.98. The molecule has 2 rings (SSSR count). The van der Waals surface area contributed by atoms with E-state index < -0.39 is 15.1 Å². The van der Waals surface area contributed by atoms with Gasteiger partial charge in [-0.25, -0.2) is 8.42 Å². The van der Waals surface area contributed by atoms with E-state index in [1.54, 1.807) is 7.11 Å². The van der Waals surface area contributed by atoms with Gasteiger partial charge in [-0.3, -0.25) is 11.3 Å². The van der Waals surface area contributed by atoms with Gasteiger partial charge in [0.15, 0.2) is 9.84 Å². The number of methoxy groups -OCH3 is 1. The minimum Gasteiger partial charge on any atom is -0.497 e. The molecule has 1 aliphatic heterocycles. The minimum absolute atomic E-state index is 0.250. The van der Waals surface area contributed by atoms with Crippen LogP contribution in [0.2, 0.25) is 0 Å². The fourth-order valence-electron chi connectivity index (χ4n) is 2.61. The van der Waals surface area contributed by atoms with Crippen molar-refractivity contribution in [2.45, 2.75) is 30.6 Å². The number of nitrogens with two attached hydrogens (primary N) is 1. The summed E-state index contributed by atoms with van der Waals surface area (Å²) in [6.45, 7) is 0. The van der Waals surface area contributed by atoms with Gasteiger partial charge in [0.1, 0.15) is 5.75 Å². The highest BCUT2D eigenvalue weighted by Crippen LogP contribution is 2.31. The molecule has 1 aliphatic rings. The largest absolute Gasteiger partial charge is 0.497 e. The van der Waals surface area contributed by atoms with Gasteiger partial charge in [0.2, 0.25) is 0 Å². The van der Waals surface area contributed by atoms with E-state index in [0.29, 0.717) is 12.2 Å². The van der Waals surface area contributed by atoms with Crippen molar-refractivity contribution in [1.29, 1.82) is 0 Å². The summed E-state index contributed by atoms with van der Waals surface area (Å²) in [4.78, 5) is 0. The molecule has 0 saturated carbocycles. The van der Waals surface area contributed by atoms with E-state index in [9.17, 15) is 8.42 Å². The third-order valence-corrected chi connectivity index (χ3v) is 5.92. The second-order valence-corrected chi connectivity index (χ2v) is 7.16. The minimum atomic E-state index is -3.09. The number of ether oxygens (including phenoxy) is 1. The third kappa shape index (κ3) is 3.08. The Bertz CT molecular complexity index is 530. The highest BCUT2D eigenvalue weighted by Gasteiger charge is 2.35. The first-order valence-electron chi connectivity index (χ1n) is 6.40. The Labute approximate surface area is 114 Å². The number of rotatable bonds is 4. The smallest absolute Gasteiger partial charge is 0.155 e. The lowest BCUT2D eigenvalue weighted by atomic mass is 10.00. The zero-order valence-corrected chi connectivity index (χ0v) is 11.8. The number of hydrogen-bond acceptors (Lipinski definition) is 5. The SMILES string of the molecule is COc1cccc(C(NN)C2CCCCS2(=O)=O)c1. The fraction of sp³-hybridized carbons (Fsp3) is 0.538. The Hall–Kier alpha value is -1.11. The van der Waals surface area contributed by atoms with Crippen LogP contribution < -0.4 is 16.0 Å². The second kappa shape index (κ2) is 5.90. The van der Waals surface area contributed by atoms with Gasteiger partial charge in [-0.1, -0.05) is 18.6 Å². The van der Waals surface area contributed by atoms with E-state index in [-0.39, 0.29) is 11.8 Å². The van der Waals surface area contributed by atoms with Crippen molar-refractivity contribution in [3.63, 3.8) is 0 Å². The maximum absolute atomic E-state index is 12.2. The van der Waals surface area contributed by atoms with Gasteiger partial charge in [0.05, 0.1) is 24.2 Å². The van der Waals surface area contributed by atoms with Crippen LogP contribution in [0.4, 0.5) is 0 Å². The van der Waals surface area contributed by atoms with Crippen molar-refractivity contribution in [1.82, 2.24) is 5.43 Å². The predicted molar refractivity (Wildman–Crippen MR) is 74.5 cm³/mol. The van der Waals surface area contributed by atoms with Gasteiger partial charge >= 0.3 is 0 Å². The number of benzene rings is 1. The van der Waals surface area contributed by atoms with E-state index in [2.05, 4.69) is 5.43 Å². The molecule has 1 aromatic carbocycles. The molecule has 106 valence electrons. The standard InChI is InChI=1S/C13H20N2O3S/c1-18-11-6-4-5-10(9-11)13(15-14)12-7-2-3-8-19(12,16)17/h4-6,9,12-13,15H,2-3,7-8,14H2,1H3. The van der Waals surface area contributed by atoms with Crippen LogP contribution >= 0.6 is 0 Å². The molecular formula is C13H20N2O3S. The molecule has 0 amide bonds. The van der Waals surface area contributed by atoms with Gasteiger partial charge in [-0.15, -0.1) is 0 Å². The van der Waals surface area contributed by atoms with Crippen molar-refractivity contribution < 1.29 is 13.2 Å². The van der Waals surface area contributed by atoms with Gasteiger partial charge in [0, 0.05) is 0 Å². The summed E-state index contributed by atoms with van der Waals surface area (Å²) in [5, 5.41) is -0.460. The highest BCUT2D eigenvalue weighted by molar-refractivity contribution is 7.92. The maximum atomic E-state index is 12.2. The molecule has 0 aromatic heterocycles. The molecule has 1 fully saturated rings. The Balaban J connectivity index is 2.33. The third-order valence-electron chi connectivity index (χ3n) is 3.63. The monoisotopic (exact) mass is 284 g/mol. The second-order valence-electron chi connectivity index (χ2n) is 4.82. The van der Waals surface area contributed by atoms with Gasteiger partial charge < -0.3 is 4.74 Å². The average Bonchev–Trinajstić information content (AvgIpc) is 2.41. The first-order valence-corrected chi connectivity index (χ1v) is 8.11. The molecule has 0 bridgehead atoms. The lowest BCUT2D eigenvalue weighted by Gasteiger charge is -2.30. The van der Waals surface area contributed by atoms with Gasteiger partial charge in [-0.2, -0.15) is 0 Å². The van der Waals surface area contributed by atoms with E-state index in [1.807, 2.05) is 24.3 Å². The molecule has 0 spiro atoms. The molecule has 0 aliphatic carbocycles. The molecule has 2 unspecified atom stereocenters. The Kier molecular flexibility index (Phi) is 4.44. The molecule has 3 N–H and O–H groups in total. The Morgan fingerprint density at radius 1 is 1.42 bits per heavy atom. The lowest BCUT2D eigenvalue weighted by molar-refractivity contribution is 0.411. The predicted octanol–water partition coefficient (Wildman–Crippen LogP) is 1.17. The molecule has 1 saturated heterocycles. The summed E-state index contributed by atoms with van der Waals surface area (Å²) < 4.78 is 29.5. The molecule has 1 heterocycles. The van der Waals surface area contributed by atoms with Crippen LogP contribution in [-0.2, 0) is 9.84 Å². The maximum Gasteiger partial charge on any atom is 0.155 e. The van der Waals surface area contributed by atoms with Gasteiger partial charge in [-0.05, 0) is 30.5 Å². The molecule has 2 atom stereocenters. The van der Waals surface area contributed by atoms with E-state index in [0.717, 1.165) is 18.4 Å². The highest BCUT2D eigenvalue weighted by atomic mass is 32.2. The van der Waals surface area contributed by atoms with Crippen LogP contribution in [0.5, 0.6) is 5.75 Å². The van der Waals surface area contributed by atoms with E-state index >= 15 is 0 Å². The molecule has 6 heteroatoms. The molecular weight excluding hydrogens is 264 g/mol. The summed E-state index contributed by atoms with van der Waals surface area (Å²) in [5.41, 5.74) is 3.51. The first kappa shape index (κ1) is 14.3. The van der Waals surface area contributed by atoms with Crippen molar-refractivity contribution in [3.8, 4) is 5.75 Å². The average molecular weight is 284 g/mol. The van der Waals surface area contributed by atoms with Crippen molar-refractivity contribution in [3.05, 3.63) is 29.8 Å². The van der Waals surface area contributed by atoms with E-state index in [1.165, 1.54) is 0 Å². The number of hydrazine groups is 1. The van der Waals surface area contributed by atoms with Gasteiger partial charge in [0.25, 0.3) is 0 Å². The number of hydrogen-bond donors (Lipinski definition) is 2. The first-order chi connectivity index (χ1) is 9.08.